The molecule has 0 radical (unpaired) electrons. The van der Waals surface area contributed by atoms with Crippen molar-refractivity contribution < 1.29 is 28.6 Å². The highest BCUT2D eigenvalue weighted by molar-refractivity contribution is 5.71. The molecule has 0 saturated heterocycles. The van der Waals surface area contributed by atoms with Gasteiger partial charge in [-0.25, -0.2) is 0 Å². The van der Waals surface area contributed by atoms with Crippen LogP contribution in [0, 0.1) is 0 Å². The summed E-state index contributed by atoms with van der Waals surface area (Å²) in [6.07, 6.45) is 95.6. The molecule has 0 aromatic carbocycles. The number of esters is 3. The van der Waals surface area contributed by atoms with Crippen molar-refractivity contribution >= 4 is 17.9 Å². The third-order valence-corrected chi connectivity index (χ3v) is 13.5. The lowest BCUT2D eigenvalue weighted by molar-refractivity contribution is -0.167. The van der Waals surface area contributed by atoms with Gasteiger partial charge in [-0.15, -0.1) is 0 Å². The van der Waals surface area contributed by atoms with Crippen molar-refractivity contribution in [3.63, 3.8) is 0 Å². The van der Waals surface area contributed by atoms with Crippen molar-refractivity contribution in [2.24, 2.45) is 0 Å². The van der Waals surface area contributed by atoms with Gasteiger partial charge in [-0.3, -0.25) is 14.4 Å². The number of ether oxygens (including phenoxy) is 3. The van der Waals surface area contributed by atoms with Crippen LogP contribution in [0.1, 0.15) is 284 Å². The highest BCUT2D eigenvalue weighted by Gasteiger charge is 2.19. The topological polar surface area (TPSA) is 78.9 Å². The van der Waals surface area contributed by atoms with E-state index in [4.69, 9.17) is 14.2 Å². The van der Waals surface area contributed by atoms with E-state index in [1.807, 2.05) is 0 Å². The van der Waals surface area contributed by atoms with Crippen LogP contribution in [0.3, 0.4) is 0 Å². The van der Waals surface area contributed by atoms with Crippen LogP contribution in [0.25, 0.3) is 0 Å². The van der Waals surface area contributed by atoms with E-state index in [0.29, 0.717) is 19.3 Å². The highest BCUT2D eigenvalue weighted by Crippen LogP contribution is 2.14. The van der Waals surface area contributed by atoms with E-state index >= 15 is 0 Å². The summed E-state index contributed by atoms with van der Waals surface area (Å²) in [4.78, 5) is 38.3. The van der Waals surface area contributed by atoms with Crippen molar-refractivity contribution in [3.8, 4) is 0 Å². The zero-order valence-electron chi connectivity index (χ0n) is 51.8. The van der Waals surface area contributed by atoms with Crippen LogP contribution in [0.2, 0.25) is 0 Å². The lowest BCUT2D eigenvalue weighted by Gasteiger charge is -2.18. The Kier molecular flexibility index (Phi) is 62.9. The summed E-state index contributed by atoms with van der Waals surface area (Å²) in [5, 5.41) is 0. The van der Waals surface area contributed by atoms with E-state index < -0.39 is 6.10 Å². The number of unbranched alkanes of at least 4 members (excludes halogenated alkanes) is 23. The Bertz CT molecular complexity index is 1750. The molecule has 0 N–H and O–H groups in total. The van der Waals surface area contributed by atoms with E-state index in [-0.39, 0.29) is 31.1 Å². The third-order valence-electron chi connectivity index (χ3n) is 13.5. The molecular weight excluding hydrogens is 985 g/mol. The summed E-state index contributed by atoms with van der Waals surface area (Å²) in [7, 11) is 0. The molecule has 0 saturated carbocycles. The minimum atomic E-state index is -0.806. The van der Waals surface area contributed by atoms with Crippen LogP contribution >= 0.6 is 0 Å². The van der Waals surface area contributed by atoms with Crippen molar-refractivity contribution in [1.82, 2.24) is 0 Å². The van der Waals surface area contributed by atoms with E-state index in [0.717, 1.165) is 161 Å². The molecule has 1 atom stereocenters. The molecule has 0 aromatic heterocycles. The van der Waals surface area contributed by atoms with Crippen LogP contribution in [-0.4, -0.2) is 37.2 Å². The summed E-state index contributed by atoms with van der Waals surface area (Å²) < 4.78 is 16.9. The highest BCUT2D eigenvalue weighted by atomic mass is 16.6. The maximum atomic E-state index is 12.9. The Morgan fingerprint density at radius 2 is 0.487 bits per heavy atom. The van der Waals surface area contributed by atoms with Crippen LogP contribution < -0.4 is 0 Å². The van der Waals surface area contributed by atoms with Crippen molar-refractivity contribution in [2.75, 3.05) is 13.2 Å². The molecule has 1 unspecified atom stereocenters. The SMILES string of the molecule is CC/C=C\C/C=C\C/C=C\C/C=C\C/C=C\C/C=C\C/C=C\C/C=C\CCCCCCC(=O)OCC(COC(=O)CCCCCCC/C=C\CCCCC)OC(=O)CCCCCCCC/C=C\C/C=C\C/C=C\CCCCCCC. The molecule has 0 amide bonds. The first-order chi connectivity index (χ1) is 39.5. The normalized spacial score (nSPS) is 13.1. The Balaban J connectivity index is 4.41. The molecule has 0 spiro atoms. The number of carbonyl (C=O) groups excluding carboxylic acids is 3. The Morgan fingerprint density at radius 3 is 0.800 bits per heavy atom. The van der Waals surface area contributed by atoms with E-state index in [1.165, 1.54) is 83.5 Å². The van der Waals surface area contributed by atoms with E-state index in [2.05, 4.69) is 167 Å². The number of hydrogen-bond acceptors (Lipinski definition) is 6. The molecule has 0 rings (SSSR count). The Labute approximate surface area is 493 Å². The molecule has 80 heavy (non-hydrogen) atoms. The molecule has 0 aromatic rings. The van der Waals surface area contributed by atoms with Gasteiger partial charge in [-0.1, -0.05) is 263 Å². The van der Waals surface area contributed by atoms with Gasteiger partial charge < -0.3 is 14.2 Å². The molecule has 0 fully saturated rings. The average molecular weight is 1110 g/mol. The molecule has 0 bridgehead atoms. The van der Waals surface area contributed by atoms with Crippen LogP contribution in [-0.2, 0) is 28.6 Å². The monoisotopic (exact) mass is 1100 g/mol. The van der Waals surface area contributed by atoms with E-state index in [9.17, 15) is 14.4 Å². The first kappa shape index (κ1) is 75.3. The predicted octanol–water partition coefficient (Wildman–Crippen LogP) is 22.7. The van der Waals surface area contributed by atoms with Gasteiger partial charge in [-0.05, 0) is 148 Å². The second kappa shape index (κ2) is 66.8. The maximum absolute atomic E-state index is 12.9. The summed E-state index contributed by atoms with van der Waals surface area (Å²) in [6.45, 7) is 6.45. The van der Waals surface area contributed by atoms with Crippen LogP contribution in [0.5, 0.6) is 0 Å². The molecule has 6 heteroatoms. The van der Waals surface area contributed by atoms with Gasteiger partial charge in [0.05, 0.1) is 0 Å². The fourth-order valence-electron chi connectivity index (χ4n) is 8.64. The number of allylic oxidation sites excluding steroid dienone is 24. The van der Waals surface area contributed by atoms with Gasteiger partial charge in [0.2, 0.25) is 0 Å². The van der Waals surface area contributed by atoms with Crippen LogP contribution in [0.15, 0.2) is 146 Å². The van der Waals surface area contributed by atoms with Crippen LogP contribution in [0.4, 0.5) is 0 Å². The van der Waals surface area contributed by atoms with Gasteiger partial charge in [0.1, 0.15) is 13.2 Å². The predicted molar refractivity (Wildman–Crippen MR) is 348 cm³/mol. The van der Waals surface area contributed by atoms with Crippen molar-refractivity contribution in [1.29, 1.82) is 0 Å². The molecule has 452 valence electrons. The summed E-state index contributed by atoms with van der Waals surface area (Å²) in [6, 6.07) is 0. The number of hydrogen-bond donors (Lipinski definition) is 0. The second-order valence-corrected chi connectivity index (χ2v) is 21.3. The van der Waals surface area contributed by atoms with Gasteiger partial charge in [0.25, 0.3) is 0 Å². The van der Waals surface area contributed by atoms with Gasteiger partial charge in [-0.2, -0.15) is 0 Å². The smallest absolute Gasteiger partial charge is 0.306 e. The molecule has 6 nitrogen and oxygen atoms in total. The van der Waals surface area contributed by atoms with Gasteiger partial charge in [0, 0.05) is 19.3 Å². The molecular formula is C74H120O6. The summed E-state index contributed by atoms with van der Waals surface area (Å²) in [5.41, 5.74) is 0. The number of rotatable bonds is 58. The fraction of sp³-hybridized carbons (Fsp3) is 0.635. The number of carbonyl (C=O) groups is 3. The minimum absolute atomic E-state index is 0.101. The minimum Gasteiger partial charge on any atom is -0.462 e. The lowest BCUT2D eigenvalue weighted by atomic mass is 10.1. The summed E-state index contributed by atoms with van der Waals surface area (Å²) >= 11 is 0. The Hall–Kier alpha value is -4.71. The second-order valence-electron chi connectivity index (χ2n) is 21.3. The zero-order chi connectivity index (χ0) is 57.8. The van der Waals surface area contributed by atoms with E-state index in [1.54, 1.807) is 0 Å². The van der Waals surface area contributed by atoms with Crippen molar-refractivity contribution in [2.45, 2.75) is 290 Å². The first-order valence-electron chi connectivity index (χ1n) is 32.8. The molecule has 0 heterocycles. The summed E-state index contributed by atoms with van der Waals surface area (Å²) in [5.74, 6) is -0.948. The van der Waals surface area contributed by atoms with Gasteiger partial charge in [0.15, 0.2) is 6.10 Å². The maximum Gasteiger partial charge on any atom is 0.306 e. The fourth-order valence-corrected chi connectivity index (χ4v) is 8.64. The average Bonchev–Trinajstić information content (AvgIpc) is 3.46. The molecule has 0 aliphatic heterocycles. The zero-order valence-corrected chi connectivity index (χ0v) is 51.8. The van der Waals surface area contributed by atoms with Crippen molar-refractivity contribution in [3.05, 3.63) is 146 Å². The quantitative estimate of drug-likeness (QED) is 0.0261. The standard InChI is InChI=1S/C74H120O6/c1-4-7-10-13-16-19-22-25-27-29-31-33-34-35-36-37-38-39-40-42-43-45-47-49-52-55-58-61-64-67-73(76)79-70-71(69-78-72(75)66-63-60-57-54-51-24-21-18-15-12-9-6-3)80-74(77)68-65-62-59-56-53-50-48-46-44-41-32-30-28-26-23-20-17-14-11-8-5-2/h7,10,16,18-19,21,23,25-27,30-33,35-36,38-39,42-44,46-47,49,71H,4-6,8-9,11-15,17,20,22,24,28-29,34,37,40-41,45,48,50-70H2,1-3H3/b10-7-,19-16-,21-18-,26-23-,27-25-,32-30-,33-31-,36-35-,39-38-,43-42-,46-44-,49-47-. The molecule has 0 aliphatic rings. The Morgan fingerprint density at radius 1 is 0.263 bits per heavy atom. The molecule has 0 aliphatic carbocycles. The largest absolute Gasteiger partial charge is 0.462 e. The van der Waals surface area contributed by atoms with Gasteiger partial charge >= 0.3 is 17.9 Å². The third kappa shape index (κ3) is 64.1. The lowest BCUT2D eigenvalue weighted by Crippen LogP contribution is -2.30. The first-order valence-corrected chi connectivity index (χ1v) is 32.8.